The lowest BCUT2D eigenvalue weighted by molar-refractivity contribution is 0.0995. The molecule has 0 aliphatic carbocycles. The molecule has 1 N–H and O–H groups in total. The normalized spacial score (nSPS) is 10.4. The fraction of sp³-hybridized carbons (Fsp3) is 0.154. The van der Waals surface area contributed by atoms with Gasteiger partial charge in [0.05, 0.1) is 10.7 Å². The minimum absolute atomic E-state index is 0.259. The van der Waals surface area contributed by atoms with Gasteiger partial charge in [-0.05, 0) is 53.5 Å². The van der Waals surface area contributed by atoms with Crippen LogP contribution in [0.25, 0.3) is 0 Å². The Hall–Kier alpha value is -1.62. The molecule has 2 aromatic rings. The first-order valence-corrected chi connectivity index (χ1v) is 6.09. The molecule has 0 saturated carbocycles. The number of anilines is 1. The highest BCUT2D eigenvalue weighted by Gasteiger charge is 2.14. The van der Waals surface area contributed by atoms with E-state index in [-0.39, 0.29) is 17.5 Å². The SMILES string of the molecule is Cc1cc(F)c(Br)cc1NC(=O)c1occc1C. The number of nitrogens with one attached hydrogen (secondary N) is 1. The highest BCUT2D eigenvalue weighted by Crippen LogP contribution is 2.25. The van der Waals surface area contributed by atoms with Crippen LogP contribution in [0, 0.1) is 19.7 Å². The second-order valence-corrected chi connectivity index (χ2v) is 4.82. The van der Waals surface area contributed by atoms with Gasteiger partial charge in [0.15, 0.2) is 5.76 Å². The van der Waals surface area contributed by atoms with Crippen LogP contribution in [0.3, 0.4) is 0 Å². The minimum Gasteiger partial charge on any atom is -0.459 e. The molecule has 0 unspecified atom stereocenters. The molecule has 3 nitrogen and oxygen atoms in total. The molecule has 2 rings (SSSR count). The number of benzene rings is 1. The molecule has 0 aliphatic rings. The van der Waals surface area contributed by atoms with Crippen LogP contribution in [0.5, 0.6) is 0 Å². The number of amides is 1. The number of halogens is 2. The predicted octanol–water partition coefficient (Wildman–Crippen LogP) is 4.05. The summed E-state index contributed by atoms with van der Waals surface area (Å²) in [6.45, 7) is 3.51. The summed E-state index contributed by atoms with van der Waals surface area (Å²) in [5.41, 5.74) is 1.95. The van der Waals surface area contributed by atoms with Crippen molar-refractivity contribution in [3.05, 3.63) is 51.6 Å². The van der Waals surface area contributed by atoms with Crippen LogP contribution in [0.15, 0.2) is 33.4 Å². The molecular weight excluding hydrogens is 301 g/mol. The summed E-state index contributed by atoms with van der Waals surface area (Å²) in [4.78, 5) is 11.9. The molecule has 18 heavy (non-hydrogen) atoms. The van der Waals surface area contributed by atoms with Crippen LogP contribution in [-0.2, 0) is 0 Å². The highest BCUT2D eigenvalue weighted by atomic mass is 79.9. The van der Waals surface area contributed by atoms with E-state index in [1.54, 1.807) is 19.9 Å². The van der Waals surface area contributed by atoms with Crippen LogP contribution in [0.2, 0.25) is 0 Å². The number of carbonyl (C=O) groups is 1. The molecule has 1 aromatic heterocycles. The summed E-state index contributed by atoms with van der Waals surface area (Å²) in [7, 11) is 0. The number of carbonyl (C=O) groups excluding carboxylic acids is 1. The summed E-state index contributed by atoms with van der Waals surface area (Å²) in [6.07, 6.45) is 1.46. The van der Waals surface area contributed by atoms with Gasteiger partial charge in [-0.2, -0.15) is 0 Å². The summed E-state index contributed by atoms with van der Waals surface area (Å²) in [5, 5.41) is 2.69. The van der Waals surface area contributed by atoms with Crippen LogP contribution in [-0.4, -0.2) is 5.91 Å². The van der Waals surface area contributed by atoms with Crippen LogP contribution in [0.4, 0.5) is 10.1 Å². The summed E-state index contributed by atoms with van der Waals surface area (Å²) in [6, 6.07) is 4.60. The van der Waals surface area contributed by atoms with Gasteiger partial charge in [-0.25, -0.2) is 4.39 Å². The zero-order valence-corrected chi connectivity index (χ0v) is 11.5. The predicted molar refractivity (Wildman–Crippen MR) is 70.2 cm³/mol. The molecule has 0 radical (unpaired) electrons. The molecule has 1 aromatic carbocycles. The van der Waals surface area contributed by atoms with Crippen molar-refractivity contribution < 1.29 is 13.6 Å². The van der Waals surface area contributed by atoms with Gasteiger partial charge in [0, 0.05) is 11.3 Å². The Bertz CT molecular complexity index is 607. The summed E-state index contributed by atoms with van der Waals surface area (Å²) < 4.78 is 18.7. The molecule has 0 aliphatic heterocycles. The molecule has 0 saturated heterocycles. The Balaban J connectivity index is 2.28. The molecule has 1 heterocycles. The average Bonchev–Trinajstić information content (AvgIpc) is 2.72. The van der Waals surface area contributed by atoms with E-state index in [1.807, 2.05) is 0 Å². The van der Waals surface area contributed by atoms with Crippen molar-refractivity contribution in [2.75, 3.05) is 5.32 Å². The zero-order chi connectivity index (χ0) is 13.3. The fourth-order valence-corrected chi connectivity index (χ4v) is 1.91. The first-order valence-electron chi connectivity index (χ1n) is 5.30. The van der Waals surface area contributed by atoms with Crippen LogP contribution < -0.4 is 5.32 Å². The first-order chi connectivity index (χ1) is 8.49. The molecule has 0 bridgehead atoms. The lowest BCUT2D eigenvalue weighted by Gasteiger charge is -2.08. The van der Waals surface area contributed by atoms with E-state index in [0.717, 1.165) is 5.56 Å². The van der Waals surface area contributed by atoms with Gasteiger partial charge in [-0.1, -0.05) is 0 Å². The minimum atomic E-state index is -0.361. The third-order valence-electron chi connectivity index (χ3n) is 2.58. The maximum absolute atomic E-state index is 13.3. The Morgan fingerprint density at radius 1 is 1.33 bits per heavy atom. The van der Waals surface area contributed by atoms with E-state index in [2.05, 4.69) is 21.2 Å². The fourth-order valence-electron chi connectivity index (χ4n) is 1.57. The zero-order valence-electron chi connectivity index (χ0n) is 9.88. The number of hydrogen-bond acceptors (Lipinski definition) is 2. The molecule has 0 atom stereocenters. The topological polar surface area (TPSA) is 42.2 Å². The van der Waals surface area contributed by atoms with Gasteiger partial charge in [-0.15, -0.1) is 0 Å². The van der Waals surface area contributed by atoms with E-state index in [0.29, 0.717) is 15.7 Å². The van der Waals surface area contributed by atoms with Gasteiger partial charge in [-0.3, -0.25) is 4.79 Å². The summed E-state index contributed by atoms with van der Waals surface area (Å²) in [5.74, 6) is -0.450. The number of hydrogen-bond donors (Lipinski definition) is 1. The highest BCUT2D eigenvalue weighted by molar-refractivity contribution is 9.10. The van der Waals surface area contributed by atoms with Crippen molar-refractivity contribution in [3.63, 3.8) is 0 Å². The maximum atomic E-state index is 13.3. The third kappa shape index (κ3) is 2.46. The molecule has 0 fully saturated rings. The van der Waals surface area contributed by atoms with E-state index >= 15 is 0 Å². The first kappa shape index (κ1) is 12.8. The largest absolute Gasteiger partial charge is 0.459 e. The Kier molecular flexibility index (Phi) is 3.52. The lowest BCUT2D eigenvalue weighted by atomic mass is 10.2. The Morgan fingerprint density at radius 3 is 2.67 bits per heavy atom. The quantitative estimate of drug-likeness (QED) is 0.909. The number of rotatable bonds is 2. The van der Waals surface area contributed by atoms with E-state index in [1.165, 1.54) is 18.4 Å². The average molecular weight is 312 g/mol. The van der Waals surface area contributed by atoms with E-state index < -0.39 is 0 Å². The number of aryl methyl sites for hydroxylation is 2. The van der Waals surface area contributed by atoms with Crippen LogP contribution in [0.1, 0.15) is 21.7 Å². The van der Waals surface area contributed by atoms with Crippen molar-refractivity contribution in [2.45, 2.75) is 13.8 Å². The van der Waals surface area contributed by atoms with Gasteiger partial charge in [0.25, 0.3) is 5.91 Å². The molecular formula is C13H11BrFNO2. The smallest absolute Gasteiger partial charge is 0.291 e. The van der Waals surface area contributed by atoms with Gasteiger partial charge < -0.3 is 9.73 Å². The van der Waals surface area contributed by atoms with Crippen molar-refractivity contribution in [2.24, 2.45) is 0 Å². The van der Waals surface area contributed by atoms with Crippen molar-refractivity contribution >= 4 is 27.5 Å². The van der Waals surface area contributed by atoms with E-state index in [9.17, 15) is 9.18 Å². The van der Waals surface area contributed by atoms with E-state index in [4.69, 9.17) is 4.42 Å². The van der Waals surface area contributed by atoms with Gasteiger partial charge in [0.1, 0.15) is 5.82 Å². The lowest BCUT2D eigenvalue weighted by Crippen LogP contribution is -2.13. The number of furan rings is 1. The summed E-state index contributed by atoms with van der Waals surface area (Å²) >= 11 is 3.08. The van der Waals surface area contributed by atoms with Gasteiger partial charge >= 0.3 is 0 Å². The third-order valence-corrected chi connectivity index (χ3v) is 3.19. The van der Waals surface area contributed by atoms with Crippen LogP contribution >= 0.6 is 15.9 Å². The molecule has 0 spiro atoms. The Labute approximate surface area is 112 Å². The van der Waals surface area contributed by atoms with Crippen molar-refractivity contribution in [3.8, 4) is 0 Å². The molecule has 94 valence electrons. The maximum Gasteiger partial charge on any atom is 0.291 e. The van der Waals surface area contributed by atoms with Crippen molar-refractivity contribution in [1.82, 2.24) is 0 Å². The molecule has 1 amide bonds. The van der Waals surface area contributed by atoms with Gasteiger partial charge in [0.2, 0.25) is 0 Å². The Morgan fingerprint density at radius 2 is 2.06 bits per heavy atom. The second-order valence-electron chi connectivity index (χ2n) is 3.97. The standard InChI is InChI=1S/C13H11BrFNO2/c1-7-3-4-18-12(7)13(17)16-11-6-9(14)10(15)5-8(11)2/h3-6H,1-2H3,(H,16,17). The van der Waals surface area contributed by atoms with Crippen molar-refractivity contribution in [1.29, 1.82) is 0 Å². The monoisotopic (exact) mass is 311 g/mol. The second kappa shape index (κ2) is 4.94. The molecule has 5 heteroatoms.